The van der Waals surface area contributed by atoms with Gasteiger partial charge >= 0.3 is 11.9 Å². The molecule has 1 aliphatic heterocycles. The Morgan fingerprint density at radius 1 is 1.03 bits per heavy atom. The number of carbonyl (C=O) groups excluding carboxylic acids is 1. The molecule has 0 radical (unpaired) electrons. The van der Waals surface area contributed by atoms with Crippen LogP contribution in [0.15, 0.2) is 53.3 Å². The van der Waals surface area contributed by atoms with Crippen LogP contribution in [0.25, 0.3) is 11.1 Å². The van der Waals surface area contributed by atoms with E-state index in [1.807, 2.05) is 45.0 Å². The molecule has 202 valence electrons. The van der Waals surface area contributed by atoms with Gasteiger partial charge < -0.3 is 18.9 Å². The van der Waals surface area contributed by atoms with E-state index in [-0.39, 0.29) is 35.6 Å². The van der Waals surface area contributed by atoms with Gasteiger partial charge in [-0.25, -0.2) is 0 Å². The molecule has 0 fully saturated rings. The summed E-state index contributed by atoms with van der Waals surface area (Å²) in [4.78, 5) is 32.6. The number of halogens is 3. The van der Waals surface area contributed by atoms with Crippen LogP contribution < -0.4 is 15.0 Å². The molecule has 2 aromatic carbocycles. The lowest BCUT2D eigenvalue weighted by atomic mass is 9.97. The van der Waals surface area contributed by atoms with Crippen LogP contribution in [0, 0.1) is 0 Å². The van der Waals surface area contributed by atoms with Crippen molar-refractivity contribution in [3.05, 3.63) is 76.0 Å². The topological polar surface area (TPSA) is 73.7 Å². The molecule has 0 spiro atoms. The Hall–Kier alpha value is -3.82. The normalized spacial score (nSPS) is 13.6. The molecule has 0 N–H and O–H groups in total. The van der Waals surface area contributed by atoms with Crippen LogP contribution in [-0.4, -0.2) is 45.9 Å². The van der Waals surface area contributed by atoms with E-state index in [4.69, 9.17) is 4.74 Å². The zero-order valence-electron chi connectivity index (χ0n) is 21.5. The molecule has 0 unspecified atom stereocenters. The Balaban J connectivity index is 1.73. The monoisotopic (exact) mass is 529 g/mol. The third kappa shape index (κ3) is 6.00. The predicted octanol–water partition coefficient (Wildman–Crippen LogP) is 5.44. The second-order valence-electron chi connectivity index (χ2n) is 9.36. The molecule has 4 rings (SSSR count). The van der Waals surface area contributed by atoms with Gasteiger partial charge in [-0.3, -0.25) is 9.59 Å². The molecule has 0 aliphatic carbocycles. The molecule has 1 aromatic heterocycles. The molecule has 0 bridgehead atoms. The maximum Gasteiger partial charge on any atom is 0.573 e. The van der Waals surface area contributed by atoms with E-state index in [0.717, 1.165) is 24.0 Å². The van der Waals surface area contributed by atoms with Crippen LogP contribution in [0.1, 0.15) is 55.5 Å². The summed E-state index contributed by atoms with van der Waals surface area (Å²) in [5.41, 5.74) is 1.87. The molecule has 2 heterocycles. The molecular formula is C28H30F3N3O4. The first-order valence-corrected chi connectivity index (χ1v) is 12.6. The number of benzene rings is 2. The van der Waals surface area contributed by atoms with Crippen LogP contribution in [0.2, 0.25) is 0 Å². The fourth-order valence-electron chi connectivity index (χ4n) is 4.52. The van der Waals surface area contributed by atoms with Crippen LogP contribution >= 0.6 is 0 Å². The minimum Gasteiger partial charge on any atom is -0.486 e. The minimum absolute atomic E-state index is 0.0221. The Labute approximate surface area is 218 Å². The molecular weight excluding hydrogens is 499 g/mol. The number of fused-ring (bicyclic) bond motifs is 1. The van der Waals surface area contributed by atoms with Gasteiger partial charge in [0.1, 0.15) is 11.6 Å². The standard InChI is InChI=1S/C28H30F3N3O4/c1-4-5-16-37-25-24-27(36)33(18(2)3)14-15-34(24)23(32-26(25)35)17-20-8-6-7-9-22(20)19-10-12-21(13-11-19)38-28(29,30)31/h6-13,18H,4-5,14-17H2,1-3H3. The van der Waals surface area contributed by atoms with Gasteiger partial charge in [-0.2, -0.15) is 4.98 Å². The highest BCUT2D eigenvalue weighted by Gasteiger charge is 2.33. The second-order valence-corrected chi connectivity index (χ2v) is 9.36. The summed E-state index contributed by atoms with van der Waals surface area (Å²) in [5, 5.41) is 0. The van der Waals surface area contributed by atoms with Crippen molar-refractivity contribution in [1.82, 2.24) is 14.5 Å². The molecule has 3 aromatic rings. The molecule has 0 atom stereocenters. The van der Waals surface area contributed by atoms with Crippen molar-refractivity contribution in [2.45, 2.75) is 59.0 Å². The quantitative estimate of drug-likeness (QED) is 0.345. The van der Waals surface area contributed by atoms with Gasteiger partial charge in [-0.15, -0.1) is 13.2 Å². The van der Waals surface area contributed by atoms with Crippen molar-refractivity contribution in [3.8, 4) is 22.6 Å². The second kappa shape index (κ2) is 11.3. The smallest absolute Gasteiger partial charge is 0.486 e. The highest BCUT2D eigenvalue weighted by atomic mass is 19.4. The van der Waals surface area contributed by atoms with Crippen molar-refractivity contribution in [2.75, 3.05) is 13.2 Å². The summed E-state index contributed by atoms with van der Waals surface area (Å²) in [5.74, 6) is -0.180. The summed E-state index contributed by atoms with van der Waals surface area (Å²) in [6, 6.07) is 12.9. The predicted molar refractivity (Wildman–Crippen MR) is 136 cm³/mol. The average Bonchev–Trinajstić information content (AvgIpc) is 2.86. The fraction of sp³-hybridized carbons (Fsp3) is 0.393. The van der Waals surface area contributed by atoms with Crippen LogP contribution in [-0.2, 0) is 13.0 Å². The Morgan fingerprint density at radius 2 is 1.74 bits per heavy atom. The van der Waals surface area contributed by atoms with Crippen LogP contribution in [0.5, 0.6) is 11.5 Å². The van der Waals surface area contributed by atoms with Crippen molar-refractivity contribution < 1.29 is 27.4 Å². The van der Waals surface area contributed by atoms with E-state index in [1.54, 1.807) is 21.6 Å². The van der Waals surface area contributed by atoms with E-state index in [9.17, 15) is 22.8 Å². The Morgan fingerprint density at radius 3 is 2.39 bits per heavy atom. The number of carbonyl (C=O) groups is 1. The van der Waals surface area contributed by atoms with E-state index in [1.165, 1.54) is 12.1 Å². The lowest BCUT2D eigenvalue weighted by Gasteiger charge is -2.34. The number of hydrogen-bond donors (Lipinski definition) is 0. The van der Waals surface area contributed by atoms with Gasteiger partial charge in [0.2, 0.25) is 5.75 Å². The molecule has 10 heteroatoms. The Bertz CT molecular complexity index is 1350. The first-order chi connectivity index (χ1) is 18.1. The Kier molecular flexibility index (Phi) is 8.08. The van der Waals surface area contributed by atoms with Gasteiger partial charge in [0.05, 0.1) is 6.61 Å². The van der Waals surface area contributed by atoms with Gasteiger partial charge in [-0.1, -0.05) is 49.7 Å². The molecule has 38 heavy (non-hydrogen) atoms. The van der Waals surface area contributed by atoms with E-state index >= 15 is 0 Å². The minimum atomic E-state index is -4.77. The maximum atomic E-state index is 13.5. The lowest BCUT2D eigenvalue weighted by molar-refractivity contribution is -0.274. The van der Waals surface area contributed by atoms with Crippen molar-refractivity contribution in [2.24, 2.45) is 0 Å². The van der Waals surface area contributed by atoms with E-state index in [0.29, 0.717) is 31.1 Å². The first-order valence-electron chi connectivity index (χ1n) is 12.6. The van der Waals surface area contributed by atoms with E-state index < -0.39 is 11.9 Å². The number of rotatable bonds is 9. The number of aromatic nitrogens is 2. The SMILES string of the molecule is CCCCOc1c2n(c(Cc3ccccc3-c3ccc(OC(F)(F)F)cc3)nc1=O)CCN(C(C)C)C2=O. The van der Waals surface area contributed by atoms with Gasteiger partial charge in [0.15, 0.2) is 5.69 Å². The van der Waals surface area contributed by atoms with Gasteiger partial charge in [-0.05, 0) is 49.1 Å². The number of ether oxygens (including phenoxy) is 2. The third-order valence-electron chi connectivity index (χ3n) is 6.38. The first kappa shape index (κ1) is 27.2. The molecule has 1 amide bonds. The van der Waals surface area contributed by atoms with Crippen molar-refractivity contribution >= 4 is 5.91 Å². The van der Waals surface area contributed by atoms with Gasteiger partial charge in [0, 0.05) is 25.6 Å². The summed E-state index contributed by atoms with van der Waals surface area (Å²) in [6.45, 7) is 7.09. The highest BCUT2D eigenvalue weighted by Crippen LogP contribution is 2.30. The zero-order chi connectivity index (χ0) is 27.4. The number of unbranched alkanes of at least 4 members (excludes halogenated alkanes) is 1. The molecule has 1 aliphatic rings. The van der Waals surface area contributed by atoms with Crippen molar-refractivity contribution in [3.63, 3.8) is 0 Å². The molecule has 0 saturated carbocycles. The summed E-state index contributed by atoms with van der Waals surface area (Å²) in [7, 11) is 0. The highest BCUT2D eigenvalue weighted by molar-refractivity contribution is 5.96. The number of hydrogen-bond acceptors (Lipinski definition) is 5. The zero-order valence-corrected chi connectivity index (χ0v) is 21.5. The van der Waals surface area contributed by atoms with E-state index in [2.05, 4.69) is 9.72 Å². The van der Waals surface area contributed by atoms with Crippen LogP contribution in [0.3, 0.4) is 0 Å². The van der Waals surface area contributed by atoms with Gasteiger partial charge in [0.25, 0.3) is 5.91 Å². The molecule has 0 saturated heterocycles. The lowest BCUT2D eigenvalue weighted by Crippen LogP contribution is -2.46. The number of nitrogens with zero attached hydrogens (tertiary/aromatic N) is 3. The maximum absolute atomic E-state index is 13.5. The van der Waals surface area contributed by atoms with Crippen LogP contribution in [0.4, 0.5) is 13.2 Å². The summed E-state index contributed by atoms with van der Waals surface area (Å²) >= 11 is 0. The number of amides is 1. The number of alkyl halides is 3. The average molecular weight is 530 g/mol. The summed E-state index contributed by atoms with van der Waals surface area (Å²) < 4.78 is 49.2. The largest absolute Gasteiger partial charge is 0.573 e. The molecule has 7 nitrogen and oxygen atoms in total. The third-order valence-corrected chi connectivity index (χ3v) is 6.38. The van der Waals surface area contributed by atoms with Crippen molar-refractivity contribution in [1.29, 1.82) is 0 Å². The fourth-order valence-corrected chi connectivity index (χ4v) is 4.52. The summed E-state index contributed by atoms with van der Waals surface area (Å²) in [6.07, 6.45) is -2.92.